The number of carbonyl (C=O) groups is 2. The molecular weight excluding hydrogens is 468 g/mol. The molecule has 5 nitrogen and oxygen atoms in total. The molecule has 2 aromatic carbocycles. The van der Waals surface area contributed by atoms with Gasteiger partial charge in [0.2, 0.25) is 0 Å². The number of fused-ring (bicyclic) bond motifs is 5. The van der Waals surface area contributed by atoms with Gasteiger partial charge in [-0.25, -0.2) is 0 Å². The van der Waals surface area contributed by atoms with Crippen molar-refractivity contribution in [3.05, 3.63) is 75.2 Å². The minimum Gasteiger partial charge on any atom is -0.487 e. The van der Waals surface area contributed by atoms with Crippen LogP contribution in [-0.4, -0.2) is 23.0 Å². The van der Waals surface area contributed by atoms with Crippen LogP contribution >= 0.6 is 27.5 Å². The molecule has 1 heterocycles. The van der Waals surface area contributed by atoms with Crippen LogP contribution in [0.3, 0.4) is 0 Å². The van der Waals surface area contributed by atoms with Crippen LogP contribution in [0.2, 0.25) is 5.02 Å². The highest BCUT2D eigenvalue weighted by Gasteiger charge is 2.59. The predicted molar refractivity (Wildman–Crippen MR) is 117 cm³/mol. The molecule has 30 heavy (non-hydrogen) atoms. The Kier molecular flexibility index (Phi) is 4.99. The summed E-state index contributed by atoms with van der Waals surface area (Å²) in [6.07, 6.45) is 6.49. The fraction of sp³-hybridized carbons (Fsp3) is 0.261. The number of hydrazone groups is 1. The van der Waals surface area contributed by atoms with Gasteiger partial charge >= 0.3 is 0 Å². The molecule has 5 rings (SSSR count). The van der Waals surface area contributed by atoms with Gasteiger partial charge in [0, 0.05) is 10.6 Å². The lowest BCUT2D eigenvalue weighted by atomic mass is 9.85. The van der Waals surface area contributed by atoms with E-state index in [4.69, 9.17) is 16.3 Å². The Labute approximate surface area is 187 Å². The van der Waals surface area contributed by atoms with Gasteiger partial charge in [-0.1, -0.05) is 54.1 Å². The molecular formula is C23H18BrClN2O3. The maximum atomic E-state index is 12.8. The third-order valence-corrected chi connectivity index (χ3v) is 6.83. The molecule has 2 amide bonds. The summed E-state index contributed by atoms with van der Waals surface area (Å²) in [6, 6.07) is 13.2. The Morgan fingerprint density at radius 2 is 1.77 bits per heavy atom. The van der Waals surface area contributed by atoms with E-state index in [1.807, 2.05) is 30.3 Å². The highest BCUT2D eigenvalue weighted by atomic mass is 79.9. The first kappa shape index (κ1) is 19.5. The number of amides is 2. The molecule has 2 aliphatic carbocycles. The van der Waals surface area contributed by atoms with E-state index in [1.54, 1.807) is 12.1 Å². The molecule has 2 bridgehead atoms. The number of allylic oxidation sites excluding steroid dienone is 2. The van der Waals surface area contributed by atoms with Crippen molar-refractivity contribution in [3.63, 3.8) is 0 Å². The number of ether oxygens (including phenoxy) is 1. The van der Waals surface area contributed by atoms with Crippen molar-refractivity contribution in [1.29, 1.82) is 0 Å². The van der Waals surface area contributed by atoms with E-state index in [2.05, 4.69) is 33.2 Å². The second kappa shape index (κ2) is 7.67. The topological polar surface area (TPSA) is 59.0 Å². The van der Waals surface area contributed by atoms with Crippen molar-refractivity contribution in [3.8, 4) is 5.75 Å². The maximum absolute atomic E-state index is 12.8. The summed E-state index contributed by atoms with van der Waals surface area (Å²) in [5.74, 6) is -0.123. The van der Waals surface area contributed by atoms with Crippen LogP contribution < -0.4 is 4.74 Å². The molecule has 0 N–H and O–H groups in total. The van der Waals surface area contributed by atoms with E-state index in [0.29, 0.717) is 27.4 Å². The lowest BCUT2D eigenvalue weighted by Gasteiger charge is -2.14. The molecule has 152 valence electrons. The Bertz CT molecular complexity index is 1060. The first-order valence-corrected chi connectivity index (χ1v) is 11.0. The van der Waals surface area contributed by atoms with Crippen molar-refractivity contribution < 1.29 is 14.3 Å². The van der Waals surface area contributed by atoms with Crippen LogP contribution in [0.5, 0.6) is 5.75 Å². The average molecular weight is 486 g/mol. The van der Waals surface area contributed by atoms with Gasteiger partial charge in [-0.3, -0.25) is 9.59 Å². The summed E-state index contributed by atoms with van der Waals surface area (Å²) in [4.78, 5) is 25.7. The number of hydrogen-bond donors (Lipinski definition) is 0. The van der Waals surface area contributed by atoms with Crippen LogP contribution in [0.1, 0.15) is 17.5 Å². The largest absolute Gasteiger partial charge is 0.487 e. The number of halogens is 2. The van der Waals surface area contributed by atoms with Crippen LogP contribution in [0.4, 0.5) is 0 Å². The van der Waals surface area contributed by atoms with Crippen LogP contribution in [0.15, 0.2) is 64.2 Å². The van der Waals surface area contributed by atoms with E-state index >= 15 is 0 Å². The van der Waals surface area contributed by atoms with Gasteiger partial charge in [0.15, 0.2) is 0 Å². The number of hydrogen-bond acceptors (Lipinski definition) is 4. The zero-order valence-electron chi connectivity index (χ0n) is 15.9. The van der Waals surface area contributed by atoms with Gasteiger partial charge in [0.25, 0.3) is 11.8 Å². The smallest absolute Gasteiger partial charge is 0.254 e. The molecule has 2 aromatic rings. The lowest BCUT2D eigenvalue weighted by molar-refractivity contribution is -0.140. The minimum absolute atomic E-state index is 0.154. The molecule has 7 heteroatoms. The summed E-state index contributed by atoms with van der Waals surface area (Å²) in [5, 5.41) is 5.77. The Morgan fingerprint density at radius 1 is 1.10 bits per heavy atom. The SMILES string of the molecule is O=C1[C@@H]2[C@H](C(=O)N1N=Cc1cc(Cl)cc(Br)c1OCc1ccccc1)[C@H]1C=C[C@H]2C1. The zero-order valence-corrected chi connectivity index (χ0v) is 18.2. The van der Waals surface area contributed by atoms with Crippen LogP contribution in [-0.2, 0) is 16.2 Å². The highest BCUT2D eigenvalue weighted by molar-refractivity contribution is 9.10. The normalized spacial score (nSPS) is 26.8. The summed E-state index contributed by atoms with van der Waals surface area (Å²) in [6.45, 7) is 0.364. The maximum Gasteiger partial charge on any atom is 0.254 e. The van der Waals surface area contributed by atoms with Gasteiger partial charge in [0.05, 0.1) is 22.5 Å². The van der Waals surface area contributed by atoms with E-state index in [1.165, 1.54) is 6.21 Å². The van der Waals surface area contributed by atoms with Gasteiger partial charge in [-0.2, -0.15) is 10.1 Å². The second-order valence-electron chi connectivity index (χ2n) is 7.81. The van der Waals surface area contributed by atoms with Crippen molar-refractivity contribution in [2.75, 3.05) is 0 Å². The second-order valence-corrected chi connectivity index (χ2v) is 9.10. The molecule has 0 radical (unpaired) electrons. The molecule has 1 saturated carbocycles. The number of rotatable bonds is 5. The van der Waals surface area contributed by atoms with E-state index < -0.39 is 0 Å². The molecule has 3 aliphatic rings. The molecule has 1 aliphatic heterocycles. The lowest BCUT2D eigenvalue weighted by Crippen LogP contribution is -2.28. The zero-order chi connectivity index (χ0) is 20.8. The Hall–Kier alpha value is -2.44. The number of benzene rings is 2. The standard InChI is InChI=1S/C23H18BrClN2O3/c24-18-10-17(25)9-16(21(18)30-12-13-4-2-1-3-5-13)11-26-27-22(28)19-14-6-7-15(8-14)20(19)23(27)29/h1-7,9-11,14-15,19-20H,8,12H2/t14-,15-,19-,20+/m0/s1. The van der Waals surface area contributed by atoms with Gasteiger partial charge in [0.1, 0.15) is 12.4 Å². The highest BCUT2D eigenvalue weighted by Crippen LogP contribution is 2.52. The minimum atomic E-state index is -0.274. The van der Waals surface area contributed by atoms with Crippen LogP contribution in [0.25, 0.3) is 0 Å². The third kappa shape index (κ3) is 3.28. The fourth-order valence-electron chi connectivity index (χ4n) is 4.68. The van der Waals surface area contributed by atoms with Crippen LogP contribution in [0, 0.1) is 23.7 Å². The van der Waals surface area contributed by atoms with E-state index in [-0.39, 0.29) is 35.5 Å². The van der Waals surface area contributed by atoms with Crippen molar-refractivity contribution in [2.24, 2.45) is 28.8 Å². The first-order chi connectivity index (χ1) is 14.5. The quantitative estimate of drug-likeness (QED) is 0.346. The molecule has 1 saturated heterocycles. The molecule has 4 atom stereocenters. The summed E-state index contributed by atoms with van der Waals surface area (Å²) in [5.41, 5.74) is 1.60. The summed E-state index contributed by atoms with van der Waals surface area (Å²) >= 11 is 9.70. The molecule has 2 fully saturated rings. The molecule has 0 aromatic heterocycles. The number of nitrogens with zero attached hydrogens (tertiary/aromatic N) is 2. The first-order valence-electron chi connectivity index (χ1n) is 9.79. The van der Waals surface area contributed by atoms with Gasteiger partial charge < -0.3 is 4.74 Å². The number of carbonyl (C=O) groups excluding carboxylic acids is 2. The van der Waals surface area contributed by atoms with E-state index in [9.17, 15) is 9.59 Å². The molecule has 0 spiro atoms. The van der Waals surface area contributed by atoms with E-state index in [0.717, 1.165) is 17.0 Å². The molecule has 0 unspecified atom stereocenters. The monoisotopic (exact) mass is 484 g/mol. The summed E-state index contributed by atoms with van der Waals surface area (Å²) < 4.78 is 6.67. The van der Waals surface area contributed by atoms with Gasteiger partial charge in [-0.15, -0.1) is 0 Å². The predicted octanol–water partition coefficient (Wildman–Crippen LogP) is 4.82. The fourth-order valence-corrected chi connectivity index (χ4v) is 5.63. The van der Waals surface area contributed by atoms with Crippen molar-refractivity contribution >= 4 is 45.6 Å². The Balaban J connectivity index is 1.40. The van der Waals surface area contributed by atoms with Gasteiger partial charge in [-0.05, 0) is 51.9 Å². The number of imide groups is 1. The van der Waals surface area contributed by atoms with Crippen molar-refractivity contribution in [2.45, 2.75) is 13.0 Å². The third-order valence-electron chi connectivity index (χ3n) is 6.02. The van der Waals surface area contributed by atoms with Crippen molar-refractivity contribution in [1.82, 2.24) is 5.01 Å². The summed E-state index contributed by atoms with van der Waals surface area (Å²) in [7, 11) is 0. The average Bonchev–Trinajstić information content (AvgIpc) is 3.41. The Morgan fingerprint density at radius 3 is 2.43 bits per heavy atom.